The van der Waals surface area contributed by atoms with E-state index in [9.17, 15) is 4.39 Å². The van der Waals surface area contributed by atoms with Gasteiger partial charge in [0, 0.05) is 31.4 Å². The lowest BCUT2D eigenvalue weighted by Crippen LogP contribution is -2.17. The van der Waals surface area contributed by atoms with Gasteiger partial charge in [-0.15, -0.1) is 0 Å². The molecule has 8 nitrogen and oxygen atoms in total. The summed E-state index contributed by atoms with van der Waals surface area (Å²) >= 11 is 0. The zero-order valence-corrected chi connectivity index (χ0v) is 15.1. The minimum atomic E-state index is -0.281. The first-order chi connectivity index (χ1) is 13.0. The maximum absolute atomic E-state index is 13.0. The minimum Gasteiger partial charge on any atom is -0.387 e. The third-order valence-electron chi connectivity index (χ3n) is 3.30. The highest BCUT2D eigenvalue weighted by molar-refractivity contribution is 6.06. The topological polar surface area (TPSA) is 127 Å². The summed E-state index contributed by atoms with van der Waals surface area (Å²) in [6.07, 6.45) is 2.19. The van der Waals surface area contributed by atoms with Crippen molar-refractivity contribution in [2.24, 2.45) is 15.7 Å². The lowest BCUT2D eigenvalue weighted by atomic mass is 10.1. The third-order valence-corrected chi connectivity index (χ3v) is 3.30. The fourth-order valence-corrected chi connectivity index (χ4v) is 2.17. The number of H-pyrrole nitrogens is 2. The Labute approximate surface area is 156 Å². The van der Waals surface area contributed by atoms with Crippen molar-refractivity contribution in [3.8, 4) is 0 Å². The maximum Gasteiger partial charge on any atom is 0.179 e. The Balaban J connectivity index is 0.000000817. The Bertz CT molecular complexity index is 883. The average Bonchev–Trinajstić information content (AvgIpc) is 3.29. The molecule has 0 amide bonds. The van der Waals surface area contributed by atoms with Gasteiger partial charge in [0.15, 0.2) is 11.7 Å². The quantitative estimate of drug-likeness (QED) is 0.274. The van der Waals surface area contributed by atoms with Gasteiger partial charge in [0.2, 0.25) is 0 Å². The molecule has 0 radical (unpaired) electrons. The van der Waals surface area contributed by atoms with Gasteiger partial charge in [0.05, 0.1) is 5.69 Å². The Morgan fingerprint density at radius 1 is 1.30 bits per heavy atom. The van der Waals surface area contributed by atoms with Crippen LogP contribution in [0.5, 0.6) is 0 Å². The lowest BCUT2D eigenvalue weighted by molar-refractivity contribution is 0.194. The summed E-state index contributed by atoms with van der Waals surface area (Å²) in [4.78, 5) is 11.9. The van der Waals surface area contributed by atoms with Gasteiger partial charge < -0.3 is 15.9 Å². The maximum atomic E-state index is 13.0. The van der Waals surface area contributed by atoms with Gasteiger partial charge in [0.25, 0.3) is 0 Å². The number of hydrogen-bond donors (Lipinski definition) is 5. The number of rotatable bonds is 4. The number of hydrogen-bond acceptors (Lipinski definition) is 4. The van der Waals surface area contributed by atoms with Crippen LogP contribution in [-0.2, 0) is 6.42 Å². The molecule has 0 bridgehead atoms. The summed E-state index contributed by atoms with van der Waals surface area (Å²) < 4.78 is 13.0. The summed E-state index contributed by atoms with van der Waals surface area (Å²) in [5.74, 6) is 1.06. The predicted octanol–water partition coefficient (Wildman–Crippen LogP) is 2.46. The molecule has 2 heterocycles. The number of aliphatic imine (C=N–C) groups is 2. The molecule has 1 aromatic carbocycles. The van der Waals surface area contributed by atoms with Crippen LogP contribution in [0.2, 0.25) is 0 Å². The fraction of sp³-hybridized carbons (Fsp3) is 0.167. The highest BCUT2D eigenvalue weighted by atomic mass is 19.1. The van der Waals surface area contributed by atoms with E-state index < -0.39 is 0 Å². The number of aromatic amines is 2. The highest BCUT2D eigenvalue weighted by Gasteiger charge is 2.07. The van der Waals surface area contributed by atoms with Crippen LogP contribution in [0.25, 0.3) is 0 Å². The molecule has 27 heavy (non-hydrogen) atoms. The van der Waals surface area contributed by atoms with Crippen molar-refractivity contribution in [1.29, 1.82) is 0 Å². The zero-order valence-electron chi connectivity index (χ0n) is 15.1. The zero-order chi connectivity index (χ0) is 19.6. The van der Waals surface area contributed by atoms with Gasteiger partial charge in [0.1, 0.15) is 11.7 Å². The molecule has 0 atom stereocenters. The summed E-state index contributed by atoms with van der Waals surface area (Å²) in [5.41, 5.74) is 10.3. The van der Waals surface area contributed by atoms with E-state index in [-0.39, 0.29) is 5.82 Å². The molecule has 0 spiro atoms. The van der Waals surface area contributed by atoms with Crippen LogP contribution in [0, 0.1) is 12.7 Å². The second-order valence-corrected chi connectivity index (χ2v) is 5.56. The van der Waals surface area contributed by atoms with E-state index in [0.29, 0.717) is 23.9 Å². The van der Waals surface area contributed by atoms with Crippen molar-refractivity contribution in [3.05, 3.63) is 71.4 Å². The summed E-state index contributed by atoms with van der Waals surface area (Å²) in [5, 5.41) is 14.2. The largest absolute Gasteiger partial charge is 0.387 e. The van der Waals surface area contributed by atoms with Gasteiger partial charge in [-0.05, 0) is 36.8 Å². The van der Waals surface area contributed by atoms with Crippen molar-refractivity contribution < 1.29 is 9.60 Å². The van der Waals surface area contributed by atoms with Crippen molar-refractivity contribution >= 4 is 17.5 Å². The molecule has 0 saturated heterocycles. The molecule has 3 aromatic rings. The Hall–Kier alpha value is -3.30. The number of benzene rings is 1. The Morgan fingerprint density at radius 3 is 2.56 bits per heavy atom. The van der Waals surface area contributed by atoms with Crippen LogP contribution in [0.15, 0.2) is 58.6 Å². The monoisotopic (exact) mass is 371 g/mol. The van der Waals surface area contributed by atoms with E-state index in [4.69, 9.17) is 10.9 Å². The second kappa shape index (κ2) is 10.00. The molecule has 142 valence electrons. The van der Waals surface area contributed by atoms with E-state index in [1.54, 1.807) is 23.8 Å². The molecule has 9 heteroatoms. The normalized spacial score (nSPS) is 11.9. The smallest absolute Gasteiger partial charge is 0.179 e. The van der Waals surface area contributed by atoms with E-state index >= 15 is 0 Å². The van der Waals surface area contributed by atoms with Crippen molar-refractivity contribution in [3.63, 3.8) is 0 Å². The number of hydroxylamine groups is 1. The number of nitrogens with one attached hydrogen (secondary N) is 3. The first-order valence-corrected chi connectivity index (χ1v) is 8.14. The Morgan fingerprint density at radius 2 is 2.00 bits per heavy atom. The molecule has 0 aliphatic rings. The van der Waals surface area contributed by atoms with Gasteiger partial charge in [-0.2, -0.15) is 5.10 Å². The van der Waals surface area contributed by atoms with Gasteiger partial charge >= 0.3 is 0 Å². The molecule has 3 rings (SSSR count). The summed E-state index contributed by atoms with van der Waals surface area (Å²) in [6.45, 7) is 1.90. The molecule has 0 aliphatic carbocycles. The molecule has 0 aliphatic heterocycles. The molecule has 0 fully saturated rings. The van der Waals surface area contributed by atoms with Gasteiger partial charge in [-0.25, -0.2) is 19.9 Å². The summed E-state index contributed by atoms with van der Waals surface area (Å²) in [7, 11) is 1.43. The number of nitrogens with two attached hydrogens (primary N) is 1. The standard InChI is InChI=1S/C17H17FN6.CH5NO/c1-11-9-16(24-23-11)22-17(14-3-2-8-20-14)21-15(19)10-12-4-6-13(18)7-5-12;1-2-3/h2-9,20H,10H2,1H3,(H3,19,21,22,23,24);2-3H,1H3. The van der Waals surface area contributed by atoms with Crippen LogP contribution >= 0.6 is 0 Å². The van der Waals surface area contributed by atoms with Crippen molar-refractivity contribution in [2.75, 3.05) is 7.05 Å². The molecular weight excluding hydrogens is 349 g/mol. The van der Waals surface area contributed by atoms with E-state index in [1.165, 1.54) is 19.2 Å². The van der Waals surface area contributed by atoms with Gasteiger partial charge in [-0.3, -0.25) is 5.10 Å². The molecule has 0 unspecified atom stereocenters. The van der Waals surface area contributed by atoms with Gasteiger partial charge in [-0.1, -0.05) is 12.1 Å². The molecule has 0 saturated carbocycles. The number of halogens is 1. The van der Waals surface area contributed by atoms with E-state index in [2.05, 4.69) is 25.2 Å². The SMILES string of the molecule is CNO.Cc1cc(N=C(N=C(N)Cc2ccc(F)cc2)c2ccc[nH]2)n[nH]1. The molecule has 2 aromatic heterocycles. The van der Waals surface area contributed by atoms with Crippen LogP contribution in [0.4, 0.5) is 10.2 Å². The minimum absolute atomic E-state index is 0.281. The number of amidine groups is 2. The first-order valence-electron chi connectivity index (χ1n) is 8.14. The van der Waals surface area contributed by atoms with E-state index in [1.807, 2.05) is 25.1 Å². The van der Waals surface area contributed by atoms with Crippen molar-refractivity contribution in [2.45, 2.75) is 13.3 Å². The number of nitrogens with zero attached hydrogens (tertiary/aromatic N) is 3. The van der Waals surface area contributed by atoms with Crippen LogP contribution in [0.1, 0.15) is 17.0 Å². The summed E-state index contributed by atoms with van der Waals surface area (Å²) in [6, 6.07) is 11.7. The Kier molecular flexibility index (Phi) is 7.41. The average molecular weight is 371 g/mol. The fourth-order valence-electron chi connectivity index (χ4n) is 2.17. The second-order valence-electron chi connectivity index (χ2n) is 5.56. The molecule has 6 N–H and O–H groups in total. The lowest BCUT2D eigenvalue weighted by Gasteiger charge is -2.03. The van der Waals surface area contributed by atoms with E-state index in [0.717, 1.165) is 17.0 Å². The number of aromatic nitrogens is 3. The predicted molar refractivity (Wildman–Crippen MR) is 103 cm³/mol. The highest BCUT2D eigenvalue weighted by Crippen LogP contribution is 2.12. The van der Waals surface area contributed by atoms with Crippen molar-refractivity contribution in [1.82, 2.24) is 20.7 Å². The third kappa shape index (κ3) is 6.49. The van der Waals surface area contributed by atoms with Crippen LogP contribution < -0.4 is 11.2 Å². The van der Waals surface area contributed by atoms with Crippen LogP contribution in [-0.4, -0.2) is 39.1 Å². The molecular formula is C18H22FN7O. The van der Waals surface area contributed by atoms with Crippen LogP contribution in [0.3, 0.4) is 0 Å². The first kappa shape index (κ1) is 20.0. The number of aryl methyl sites for hydroxylation is 1.